The Morgan fingerprint density at radius 1 is 1.41 bits per heavy atom. The Bertz CT molecular complexity index is 532. The number of sulfonamides is 1. The smallest absolute Gasteiger partial charge is 0.213 e. The third-order valence-electron chi connectivity index (χ3n) is 2.36. The van der Waals surface area contributed by atoms with Gasteiger partial charge in [-0.2, -0.15) is 5.26 Å². The summed E-state index contributed by atoms with van der Waals surface area (Å²) in [5, 5.41) is 11.8. The van der Waals surface area contributed by atoms with E-state index in [4.69, 9.17) is 5.26 Å². The second-order valence-corrected chi connectivity index (χ2v) is 5.64. The molecule has 0 saturated carbocycles. The van der Waals surface area contributed by atoms with Crippen molar-refractivity contribution in [2.24, 2.45) is 0 Å². The average molecular weight is 253 g/mol. The van der Waals surface area contributed by atoms with Crippen LogP contribution in [0.4, 0.5) is 5.69 Å². The minimum Gasteiger partial charge on any atom is -0.384 e. The Hall–Kier alpha value is -1.58. The van der Waals surface area contributed by atoms with Crippen LogP contribution in [0, 0.1) is 18.3 Å². The van der Waals surface area contributed by atoms with E-state index in [1.54, 1.807) is 12.1 Å². The second kappa shape index (κ2) is 5.66. The summed E-state index contributed by atoms with van der Waals surface area (Å²) in [6.45, 7) is 2.17. The first-order chi connectivity index (χ1) is 7.98. The van der Waals surface area contributed by atoms with E-state index in [-0.39, 0.29) is 5.75 Å². The lowest BCUT2D eigenvalue weighted by Gasteiger charge is -2.08. The molecule has 0 spiro atoms. The summed E-state index contributed by atoms with van der Waals surface area (Å²) in [4.78, 5) is 0. The van der Waals surface area contributed by atoms with Crippen molar-refractivity contribution in [3.63, 3.8) is 0 Å². The first-order valence-electron chi connectivity index (χ1n) is 5.14. The first kappa shape index (κ1) is 13.5. The highest BCUT2D eigenvalue weighted by Gasteiger charge is 2.06. The lowest BCUT2D eigenvalue weighted by Crippen LogP contribution is -2.26. The number of benzene rings is 1. The van der Waals surface area contributed by atoms with Gasteiger partial charge in [-0.15, -0.1) is 0 Å². The molecule has 0 fully saturated rings. The Labute approximate surface area is 102 Å². The molecule has 0 unspecified atom stereocenters. The van der Waals surface area contributed by atoms with Crippen molar-refractivity contribution in [1.29, 1.82) is 5.26 Å². The molecule has 0 heterocycles. The number of nitriles is 1. The lowest BCUT2D eigenvalue weighted by molar-refractivity contribution is 0.588. The van der Waals surface area contributed by atoms with Crippen molar-refractivity contribution in [2.75, 3.05) is 24.7 Å². The minimum atomic E-state index is -3.18. The summed E-state index contributed by atoms with van der Waals surface area (Å²) in [6, 6.07) is 7.38. The van der Waals surface area contributed by atoms with E-state index in [9.17, 15) is 8.42 Å². The number of hydrogen-bond acceptors (Lipinski definition) is 4. The SMILES string of the molecule is CNS(=O)(=O)CCNc1ccc(C#N)c(C)c1. The van der Waals surface area contributed by atoms with E-state index in [0.717, 1.165) is 11.3 Å². The number of anilines is 1. The van der Waals surface area contributed by atoms with Gasteiger partial charge in [-0.1, -0.05) is 0 Å². The van der Waals surface area contributed by atoms with Crippen LogP contribution in [0.15, 0.2) is 18.2 Å². The summed E-state index contributed by atoms with van der Waals surface area (Å²) in [7, 11) is -1.79. The maximum atomic E-state index is 11.2. The molecule has 6 heteroatoms. The van der Waals surface area contributed by atoms with Gasteiger partial charge >= 0.3 is 0 Å². The van der Waals surface area contributed by atoms with E-state index in [2.05, 4.69) is 16.1 Å². The van der Waals surface area contributed by atoms with Crippen molar-refractivity contribution in [2.45, 2.75) is 6.92 Å². The molecule has 0 amide bonds. The van der Waals surface area contributed by atoms with Gasteiger partial charge in [-0.25, -0.2) is 13.1 Å². The van der Waals surface area contributed by atoms with Crippen molar-refractivity contribution < 1.29 is 8.42 Å². The zero-order valence-corrected chi connectivity index (χ0v) is 10.6. The predicted octanol–water partition coefficient (Wildman–Crippen LogP) is 0.828. The Kier molecular flexibility index (Phi) is 4.49. The number of nitrogens with zero attached hydrogens (tertiary/aromatic N) is 1. The summed E-state index contributed by atoms with van der Waals surface area (Å²) in [5.74, 6) is 0.0164. The fourth-order valence-electron chi connectivity index (χ4n) is 1.33. The highest BCUT2D eigenvalue weighted by Crippen LogP contribution is 2.13. The van der Waals surface area contributed by atoms with Crippen LogP contribution in [-0.2, 0) is 10.0 Å². The summed E-state index contributed by atoms with van der Waals surface area (Å²) in [6.07, 6.45) is 0. The molecule has 0 aliphatic carbocycles. The summed E-state index contributed by atoms with van der Waals surface area (Å²) in [5.41, 5.74) is 2.31. The van der Waals surface area contributed by atoms with E-state index in [1.807, 2.05) is 13.0 Å². The molecule has 0 saturated heterocycles. The molecule has 17 heavy (non-hydrogen) atoms. The first-order valence-corrected chi connectivity index (χ1v) is 6.79. The largest absolute Gasteiger partial charge is 0.384 e. The van der Waals surface area contributed by atoms with Crippen molar-refractivity contribution in [3.8, 4) is 6.07 Å². The highest BCUT2D eigenvalue weighted by atomic mass is 32.2. The van der Waals surface area contributed by atoms with Crippen LogP contribution in [-0.4, -0.2) is 27.8 Å². The normalized spacial score (nSPS) is 10.9. The van der Waals surface area contributed by atoms with E-state index >= 15 is 0 Å². The van der Waals surface area contributed by atoms with Crippen molar-refractivity contribution in [1.82, 2.24) is 4.72 Å². The van der Waals surface area contributed by atoms with E-state index < -0.39 is 10.0 Å². The second-order valence-electron chi connectivity index (χ2n) is 3.59. The third kappa shape index (κ3) is 4.06. The van der Waals surface area contributed by atoms with Crippen LogP contribution < -0.4 is 10.0 Å². The fraction of sp³-hybridized carbons (Fsp3) is 0.364. The number of rotatable bonds is 5. The summed E-state index contributed by atoms with van der Waals surface area (Å²) >= 11 is 0. The van der Waals surface area contributed by atoms with Crippen LogP contribution in [0.1, 0.15) is 11.1 Å². The lowest BCUT2D eigenvalue weighted by atomic mass is 10.1. The van der Waals surface area contributed by atoms with Gasteiger partial charge in [0.2, 0.25) is 10.0 Å². The minimum absolute atomic E-state index is 0.0164. The van der Waals surface area contributed by atoms with Gasteiger partial charge in [0.25, 0.3) is 0 Å². The molecule has 0 bridgehead atoms. The molecule has 92 valence electrons. The number of aryl methyl sites for hydroxylation is 1. The molecule has 0 atom stereocenters. The molecular weight excluding hydrogens is 238 g/mol. The van der Waals surface area contributed by atoms with Crippen LogP contribution in [0.25, 0.3) is 0 Å². The third-order valence-corrected chi connectivity index (χ3v) is 3.72. The Morgan fingerprint density at radius 2 is 2.12 bits per heavy atom. The maximum absolute atomic E-state index is 11.2. The van der Waals surface area contributed by atoms with Crippen molar-refractivity contribution in [3.05, 3.63) is 29.3 Å². The molecule has 0 aromatic heterocycles. The Balaban J connectivity index is 2.60. The van der Waals surface area contributed by atoms with Gasteiger partial charge in [0.05, 0.1) is 17.4 Å². The summed E-state index contributed by atoms with van der Waals surface area (Å²) < 4.78 is 24.6. The molecule has 5 nitrogen and oxygen atoms in total. The Morgan fingerprint density at radius 3 is 2.65 bits per heavy atom. The number of nitrogens with one attached hydrogen (secondary N) is 2. The number of hydrogen-bond donors (Lipinski definition) is 2. The molecule has 1 aromatic rings. The molecule has 1 aromatic carbocycles. The molecule has 0 aliphatic rings. The van der Waals surface area contributed by atoms with E-state index in [1.165, 1.54) is 7.05 Å². The van der Waals surface area contributed by atoms with Gasteiger partial charge in [-0.05, 0) is 37.7 Å². The topological polar surface area (TPSA) is 82.0 Å². The molecule has 0 aliphatic heterocycles. The zero-order chi connectivity index (χ0) is 12.9. The fourth-order valence-corrected chi connectivity index (χ4v) is 1.91. The van der Waals surface area contributed by atoms with Gasteiger partial charge < -0.3 is 5.32 Å². The van der Waals surface area contributed by atoms with Crippen molar-refractivity contribution >= 4 is 15.7 Å². The van der Waals surface area contributed by atoms with Gasteiger partial charge in [0.1, 0.15) is 0 Å². The predicted molar refractivity (Wildman–Crippen MR) is 67.2 cm³/mol. The highest BCUT2D eigenvalue weighted by molar-refractivity contribution is 7.89. The average Bonchev–Trinajstić information content (AvgIpc) is 2.29. The maximum Gasteiger partial charge on any atom is 0.213 e. The molecule has 1 rings (SSSR count). The monoisotopic (exact) mass is 253 g/mol. The standard InChI is InChI=1S/C11H15N3O2S/c1-9-7-11(4-3-10(9)8-12)14-5-6-17(15,16)13-2/h3-4,7,13-14H,5-6H2,1-2H3. The van der Waals surface area contributed by atoms with Crippen LogP contribution >= 0.6 is 0 Å². The zero-order valence-electron chi connectivity index (χ0n) is 9.82. The molecule has 2 N–H and O–H groups in total. The quantitative estimate of drug-likeness (QED) is 0.814. The van der Waals surface area contributed by atoms with Crippen LogP contribution in [0.2, 0.25) is 0 Å². The van der Waals surface area contributed by atoms with Crippen LogP contribution in [0.5, 0.6) is 0 Å². The molecular formula is C11H15N3O2S. The van der Waals surface area contributed by atoms with Gasteiger partial charge in [0.15, 0.2) is 0 Å². The van der Waals surface area contributed by atoms with Crippen LogP contribution in [0.3, 0.4) is 0 Å². The van der Waals surface area contributed by atoms with Gasteiger partial charge in [-0.3, -0.25) is 0 Å². The van der Waals surface area contributed by atoms with Gasteiger partial charge in [0, 0.05) is 12.2 Å². The molecule has 0 radical (unpaired) electrons. The van der Waals surface area contributed by atoms with E-state index in [0.29, 0.717) is 12.1 Å².